The highest BCUT2D eigenvalue weighted by molar-refractivity contribution is 6.48. The minimum Gasteiger partial charge on any atom is -0.404 e. The molecular formula is C26H47BN6O7. The normalized spacial score (nSPS) is 28.8. The lowest BCUT2D eigenvalue weighted by molar-refractivity contribution is -0.525. The quantitative estimate of drug-likeness (QED) is 0.0544. The summed E-state index contributed by atoms with van der Waals surface area (Å²) in [5.74, 6) is -0.422. The van der Waals surface area contributed by atoms with Crippen LogP contribution in [0.5, 0.6) is 0 Å². The number of amides is 2. The predicted molar refractivity (Wildman–Crippen MR) is 150 cm³/mol. The van der Waals surface area contributed by atoms with Gasteiger partial charge in [0, 0.05) is 6.54 Å². The highest BCUT2D eigenvalue weighted by Crippen LogP contribution is 2.65. The number of carbonyl (C=O) groups is 2. The van der Waals surface area contributed by atoms with E-state index in [1.807, 2.05) is 0 Å². The van der Waals surface area contributed by atoms with E-state index in [0.717, 1.165) is 12.8 Å². The monoisotopic (exact) mass is 566 g/mol. The van der Waals surface area contributed by atoms with Crippen LogP contribution in [-0.2, 0) is 18.9 Å². The Morgan fingerprint density at radius 2 is 1.93 bits per heavy atom. The molecule has 0 aromatic carbocycles. The van der Waals surface area contributed by atoms with Gasteiger partial charge in [0.2, 0.25) is 11.8 Å². The number of hydrogen-bond acceptors (Lipinski definition) is 8. The lowest BCUT2D eigenvalue weighted by Gasteiger charge is -2.64. The molecule has 1 aliphatic heterocycles. The van der Waals surface area contributed by atoms with Crippen LogP contribution in [0, 0.1) is 38.7 Å². The molecule has 14 heteroatoms. The van der Waals surface area contributed by atoms with Gasteiger partial charge in [0.05, 0.1) is 29.7 Å². The molecule has 0 aromatic heterocycles. The second-order valence-electron chi connectivity index (χ2n) is 13.4. The molecule has 4 aliphatic rings. The summed E-state index contributed by atoms with van der Waals surface area (Å²) < 4.78 is 13.1. The van der Waals surface area contributed by atoms with Crippen LogP contribution in [0.1, 0.15) is 80.6 Å². The fraction of sp³-hybridized carbons (Fsp3) is 0.885. The Morgan fingerprint density at radius 1 is 1.25 bits per heavy atom. The van der Waals surface area contributed by atoms with Gasteiger partial charge in [0.15, 0.2) is 5.03 Å². The Labute approximate surface area is 237 Å². The maximum absolute atomic E-state index is 13.6. The first-order chi connectivity index (χ1) is 18.5. The van der Waals surface area contributed by atoms with Crippen molar-refractivity contribution in [2.75, 3.05) is 13.2 Å². The van der Waals surface area contributed by atoms with Crippen molar-refractivity contribution in [2.45, 2.75) is 104 Å². The predicted octanol–water partition coefficient (Wildman–Crippen LogP) is 1.16. The third kappa shape index (κ3) is 6.88. The molecule has 0 unspecified atom stereocenters. The van der Waals surface area contributed by atoms with Crippen molar-refractivity contribution < 1.29 is 29.0 Å². The Balaban J connectivity index is 1.72. The van der Waals surface area contributed by atoms with E-state index in [2.05, 4.69) is 50.2 Å². The number of hydrazine groups is 1. The molecule has 0 radical (unpaired) electrons. The van der Waals surface area contributed by atoms with Gasteiger partial charge in [0.1, 0.15) is 6.04 Å². The molecule has 2 amide bonds. The van der Waals surface area contributed by atoms with Crippen LogP contribution in [0.2, 0.25) is 0 Å². The first-order valence-electron chi connectivity index (χ1n) is 14.3. The van der Waals surface area contributed by atoms with Crippen molar-refractivity contribution in [1.82, 2.24) is 16.1 Å². The summed E-state index contributed by atoms with van der Waals surface area (Å²) in [7, 11) is -0.612. The Morgan fingerprint density at radius 3 is 2.50 bits per heavy atom. The fourth-order valence-electron chi connectivity index (χ4n) is 6.42. The van der Waals surface area contributed by atoms with Crippen molar-refractivity contribution in [1.29, 1.82) is 0 Å². The second kappa shape index (κ2) is 12.2. The van der Waals surface area contributed by atoms with Gasteiger partial charge in [-0.15, -0.1) is 0 Å². The van der Waals surface area contributed by atoms with Crippen molar-refractivity contribution in [3.63, 3.8) is 0 Å². The number of guanidine groups is 1. The van der Waals surface area contributed by atoms with Crippen LogP contribution in [0.4, 0.5) is 0 Å². The number of nitrogens with zero attached hydrogens (tertiary/aromatic N) is 2. The number of aliphatic imine (C=N–C) groups is 1. The SMILES string of the molecule is CC(C)C[C@H](NC(=O)[C@H](CCCN=C(N)N[N+](=O)[O-])NC(=O)C(C)(C)CO)B1O[C@@H]2C[C@@H]3C[C@@H](C3(C)C)[C@]2(C)O1. The Bertz CT molecular complexity index is 993. The number of carbonyl (C=O) groups excluding carboxylic acids is 2. The van der Waals surface area contributed by atoms with Gasteiger partial charge < -0.3 is 30.8 Å². The molecule has 4 rings (SSSR count). The zero-order chi connectivity index (χ0) is 30.0. The standard InChI is InChI=1S/C26H47BN6O7/c1-15(2)11-20(27-39-19-13-16-12-18(25(16,5)6)26(19,7)40-27)31-21(35)17(30-22(36)24(3,4)14-34)9-8-10-29-23(28)32-33(37)38/h15-20,34H,8-14H2,1-7H3,(H,30,36)(H,31,35)(H3,28,29,32)/t16-,17-,18-,19+,20-,26-/m0/s1. The van der Waals surface area contributed by atoms with Crippen LogP contribution >= 0.6 is 0 Å². The summed E-state index contributed by atoms with van der Waals surface area (Å²) in [4.78, 5) is 40.9. The van der Waals surface area contributed by atoms with Gasteiger partial charge in [-0.1, -0.05) is 33.1 Å². The molecule has 1 heterocycles. The van der Waals surface area contributed by atoms with Crippen LogP contribution in [0.25, 0.3) is 0 Å². The summed E-state index contributed by atoms with van der Waals surface area (Å²) in [6.07, 6.45) is 3.17. The van der Waals surface area contributed by atoms with Gasteiger partial charge in [0.25, 0.3) is 5.96 Å². The van der Waals surface area contributed by atoms with Crippen molar-refractivity contribution in [2.24, 2.45) is 39.3 Å². The van der Waals surface area contributed by atoms with Gasteiger partial charge in [-0.25, -0.2) is 15.1 Å². The van der Waals surface area contributed by atoms with E-state index in [0.29, 0.717) is 24.7 Å². The number of nitro groups is 1. The topological polar surface area (TPSA) is 190 Å². The lowest BCUT2D eigenvalue weighted by Crippen LogP contribution is -2.65. The van der Waals surface area contributed by atoms with E-state index in [1.165, 1.54) is 0 Å². The number of nitrogens with two attached hydrogens (primary N) is 1. The molecule has 40 heavy (non-hydrogen) atoms. The number of hydrogen-bond donors (Lipinski definition) is 5. The third-order valence-corrected chi connectivity index (χ3v) is 9.12. The molecule has 2 bridgehead atoms. The third-order valence-electron chi connectivity index (χ3n) is 9.12. The molecule has 1 saturated heterocycles. The summed E-state index contributed by atoms with van der Waals surface area (Å²) in [5.41, 5.74) is 5.92. The summed E-state index contributed by atoms with van der Waals surface area (Å²) in [6, 6.07) is -0.932. The highest BCUT2D eigenvalue weighted by atomic mass is 16.7. The molecular weight excluding hydrogens is 519 g/mol. The van der Waals surface area contributed by atoms with Gasteiger partial charge in [-0.2, -0.15) is 0 Å². The van der Waals surface area contributed by atoms with Crippen molar-refractivity contribution in [3.8, 4) is 0 Å². The summed E-state index contributed by atoms with van der Waals surface area (Å²) in [6.45, 7) is 13.7. The minimum absolute atomic E-state index is 0.0298. The van der Waals surface area contributed by atoms with Crippen LogP contribution in [-0.4, -0.2) is 71.9 Å². The van der Waals surface area contributed by atoms with Crippen LogP contribution in [0.3, 0.4) is 0 Å². The van der Waals surface area contributed by atoms with Crippen LogP contribution < -0.4 is 21.8 Å². The number of aliphatic hydroxyl groups is 1. The van der Waals surface area contributed by atoms with Gasteiger partial charge >= 0.3 is 7.12 Å². The zero-order valence-electron chi connectivity index (χ0n) is 24.9. The van der Waals surface area contributed by atoms with Crippen molar-refractivity contribution in [3.05, 3.63) is 10.1 Å². The van der Waals surface area contributed by atoms with E-state index < -0.39 is 53.6 Å². The molecule has 226 valence electrons. The zero-order valence-corrected chi connectivity index (χ0v) is 24.9. The molecule has 3 saturated carbocycles. The largest absolute Gasteiger partial charge is 0.481 e. The summed E-state index contributed by atoms with van der Waals surface area (Å²) in [5, 5.41) is 25.2. The molecule has 0 aromatic rings. The molecule has 6 atom stereocenters. The second-order valence-corrected chi connectivity index (χ2v) is 13.4. The molecule has 13 nitrogen and oxygen atoms in total. The average molecular weight is 567 g/mol. The van der Waals surface area contributed by atoms with E-state index in [9.17, 15) is 24.8 Å². The maximum Gasteiger partial charge on any atom is 0.481 e. The lowest BCUT2D eigenvalue weighted by atomic mass is 9.43. The van der Waals surface area contributed by atoms with E-state index >= 15 is 0 Å². The van der Waals surface area contributed by atoms with E-state index in [1.54, 1.807) is 19.3 Å². The van der Waals surface area contributed by atoms with E-state index in [4.69, 9.17) is 15.0 Å². The highest BCUT2D eigenvalue weighted by Gasteiger charge is 2.68. The van der Waals surface area contributed by atoms with E-state index in [-0.39, 0.29) is 36.4 Å². The minimum atomic E-state index is -1.09. The Hall–Kier alpha value is -2.45. The molecule has 4 fully saturated rings. The number of nitrogens with one attached hydrogen (secondary N) is 3. The van der Waals surface area contributed by atoms with Gasteiger partial charge in [-0.3, -0.25) is 9.59 Å². The fourth-order valence-corrected chi connectivity index (χ4v) is 6.42. The summed E-state index contributed by atoms with van der Waals surface area (Å²) >= 11 is 0. The maximum atomic E-state index is 13.6. The average Bonchev–Trinajstić information content (AvgIpc) is 3.21. The Kier molecular flexibility index (Phi) is 9.78. The van der Waals surface area contributed by atoms with Crippen LogP contribution in [0.15, 0.2) is 4.99 Å². The van der Waals surface area contributed by atoms with Gasteiger partial charge in [-0.05, 0) is 76.0 Å². The van der Waals surface area contributed by atoms with Crippen molar-refractivity contribution >= 4 is 24.9 Å². The number of rotatable bonds is 13. The smallest absolute Gasteiger partial charge is 0.404 e. The molecule has 6 N–H and O–H groups in total. The molecule has 0 spiro atoms. The first-order valence-corrected chi connectivity index (χ1v) is 14.3. The number of aliphatic hydroxyl groups excluding tert-OH is 1. The molecule has 3 aliphatic carbocycles. The first kappa shape index (κ1) is 32.1.